The van der Waals surface area contributed by atoms with Gasteiger partial charge < -0.3 is 16.2 Å². The fraction of sp³-hybridized carbons (Fsp3) is 0.429. The molecule has 2 amide bonds. The smallest absolute Gasteiger partial charge is 0.267 e. The minimum absolute atomic E-state index is 0.160. The highest BCUT2D eigenvalue weighted by Crippen LogP contribution is 2.13. The van der Waals surface area contributed by atoms with Gasteiger partial charge in [-0.3, -0.25) is 19.7 Å². The van der Waals surface area contributed by atoms with Gasteiger partial charge in [-0.15, -0.1) is 0 Å². The third-order valence-electron chi connectivity index (χ3n) is 4.46. The molecule has 1 aromatic carbocycles. The largest absolute Gasteiger partial charge is 0.395 e. The molecule has 1 atom stereocenters. The number of rotatable bonds is 6. The highest BCUT2D eigenvalue weighted by Gasteiger charge is 2.33. The Labute approximate surface area is 170 Å². The van der Waals surface area contributed by atoms with Crippen LogP contribution in [-0.4, -0.2) is 64.8 Å². The Bertz CT molecular complexity index is 847. The van der Waals surface area contributed by atoms with Gasteiger partial charge in [-0.2, -0.15) is 0 Å². The summed E-state index contributed by atoms with van der Waals surface area (Å²) in [6.45, 7) is 5.69. The molecule has 0 aliphatic carbocycles. The zero-order valence-corrected chi connectivity index (χ0v) is 16.5. The first kappa shape index (κ1) is 22.4. The molecule has 0 spiro atoms. The van der Waals surface area contributed by atoms with E-state index >= 15 is 0 Å². The van der Waals surface area contributed by atoms with Crippen molar-refractivity contribution in [3.63, 3.8) is 0 Å². The first-order valence-corrected chi connectivity index (χ1v) is 9.23. The van der Waals surface area contributed by atoms with Gasteiger partial charge in [0.25, 0.3) is 11.8 Å². The van der Waals surface area contributed by atoms with Crippen molar-refractivity contribution in [1.29, 1.82) is 0 Å². The van der Waals surface area contributed by atoms with Crippen LogP contribution in [0.2, 0.25) is 0 Å². The number of carbonyl (C=O) groups is 2. The highest BCUT2D eigenvalue weighted by atomic mass is 16.5. The lowest BCUT2D eigenvalue weighted by molar-refractivity contribution is -0.132. The lowest BCUT2D eigenvalue weighted by Gasteiger charge is -2.35. The van der Waals surface area contributed by atoms with Crippen LogP contribution in [0.25, 0.3) is 0 Å². The molecule has 0 unspecified atom stereocenters. The van der Waals surface area contributed by atoms with Crippen molar-refractivity contribution < 1.29 is 19.9 Å². The number of nitrogens with zero attached hydrogens (tertiary/aromatic N) is 1. The van der Waals surface area contributed by atoms with Crippen LogP contribution in [0.1, 0.15) is 29.8 Å². The Morgan fingerprint density at radius 3 is 2.48 bits per heavy atom. The molecule has 1 heterocycles. The zero-order chi connectivity index (χ0) is 21.4. The zero-order valence-electron chi connectivity index (χ0n) is 16.5. The summed E-state index contributed by atoms with van der Waals surface area (Å²) in [6.07, 6.45) is 0. The minimum atomic E-state index is -1.10. The summed E-state index contributed by atoms with van der Waals surface area (Å²) in [4.78, 5) is 26.2. The Hall–Kier alpha value is -2.88. The van der Waals surface area contributed by atoms with Crippen LogP contribution in [0.15, 0.2) is 24.3 Å². The van der Waals surface area contributed by atoms with E-state index in [1.54, 1.807) is 38.1 Å². The van der Waals surface area contributed by atoms with Crippen LogP contribution < -0.4 is 16.5 Å². The second-order valence-corrected chi connectivity index (χ2v) is 7.48. The molecular formula is C21H26N4O4. The van der Waals surface area contributed by atoms with Gasteiger partial charge in [0.15, 0.2) is 0 Å². The van der Waals surface area contributed by atoms with E-state index in [-0.39, 0.29) is 12.5 Å². The van der Waals surface area contributed by atoms with Crippen LogP contribution in [-0.2, 0) is 4.79 Å². The molecule has 1 saturated heterocycles. The molecule has 0 aromatic heterocycles. The van der Waals surface area contributed by atoms with E-state index in [0.29, 0.717) is 17.7 Å². The van der Waals surface area contributed by atoms with Crippen LogP contribution in [0.3, 0.4) is 0 Å². The highest BCUT2D eigenvalue weighted by molar-refractivity contribution is 5.97. The van der Waals surface area contributed by atoms with Crippen LogP contribution in [0, 0.1) is 29.6 Å². The number of carbonyl (C=O) groups excluding carboxylic acids is 2. The lowest BCUT2D eigenvalue weighted by Crippen LogP contribution is -2.61. The van der Waals surface area contributed by atoms with E-state index in [2.05, 4.69) is 33.9 Å². The van der Waals surface area contributed by atoms with E-state index < -0.39 is 23.4 Å². The molecule has 1 aliphatic rings. The third-order valence-corrected chi connectivity index (χ3v) is 4.46. The molecule has 29 heavy (non-hydrogen) atoms. The summed E-state index contributed by atoms with van der Waals surface area (Å²) < 4.78 is 0. The van der Waals surface area contributed by atoms with Crippen molar-refractivity contribution in [2.75, 3.05) is 26.2 Å². The number of nitrogens with two attached hydrogens (primary N) is 1. The number of benzene rings is 1. The number of β-amino-alcohol motifs (C(OH)–C–C–N with tert-alkyl or cyclic N) is 1. The molecule has 8 nitrogen and oxygen atoms in total. The molecule has 2 rings (SSSR count). The average Bonchev–Trinajstić information content (AvgIpc) is 2.65. The number of hydrogen-bond donors (Lipinski definition) is 5. The van der Waals surface area contributed by atoms with Crippen LogP contribution >= 0.6 is 0 Å². The van der Waals surface area contributed by atoms with Gasteiger partial charge in [-0.05, 0) is 50.0 Å². The quantitative estimate of drug-likeness (QED) is 0.245. The molecule has 0 saturated carbocycles. The molecule has 0 bridgehead atoms. The number of aliphatic hydroxyl groups excluding tert-OH is 1. The Balaban J connectivity index is 1.93. The molecule has 1 aliphatic heterocycles. The number of hydroxylamine groups is 1. The molecular weight excluding hydrogens is 372 g/mol. The SMILES string of the molecule is CC(C)(N)[C@H](NC(=O)c1ccc(C#CC#CC2CN(CCO)C2)cc1)C(=O)NO. The van der Waals surface area contributed by atoms with Crippen molar-refractivity contribution in [3.8, 4) is 23.7 Å². The Kier molecular flexibility index (Phi) is 7.77. The first-order chi connectivity index (χ1) is 13.7. The summed E-state index contributed by atoms with van der Waals surface area (Å²) in [5.74, 6) is 10.6. The second-order valence-electron chi connectivity index (χ2n) is 7.48. The third kappa shape index (κ3) is 6.60. The van der Waals surface area contributed by atoms with Gasteiger partial charge in [-0.1, -0.05) is 11.8 Å². The standard InChI is InChI=1S/C21H26N4O4/c1-21(2,22)18(20(28)24-29)23-19(27)17-9-7-15(8-10-17)5-3-4-6-16-13-25(14-16)11-12-26/h7-10,16,18,26,29H,11-14,22H2,1-2H3,(H,23,27)(H,24,28)/t18-/m1/s1. The van der Waals surface area contributed by atoms with Gasteiger partial charge in [0.2, 0.25) is 0 Å². The van der Waals surface area contributed by atoms with E-state index in [1.807, 2.05) is 0 Å². The molecule has 0 radical (unpaired) electrons. The monoisotopic (exact) mass is 398 g/mol. The number of nitrogens with one attached hydrogen (secondary N) is 2. The van der Waals surface area contributed by atoms with Crippen LogP contribution in [0.4, 0.5) is 0 Å². The topological polar surface area (TPSA) is 128 Å². The summed E-state index contributed by atoms with van der Waals surface area (Å²) in [6, 6.07) is 5.44. The minimum Gasteiger partial charge on any atom is -0.395 e. The maximum absolute atomic E-state index is 12.4. The molecule has 6 N–H and O–H groups in total. The second kappa shape index (κ2) is 10.1. The van der Waals surface area contributed by atoms with E-state index in [9.17, 15) is 9.59 Å². The van der Waals surface area contributed by atoms with Crippen LogP contribution in [0.5, 0.6) is 0 Å². The summed E-state index contributed by atoms with van der Waals surface area (Å²) >= 11 is 0. The predicted molar refractivity (Wildman–Crippen MR) is 108 cm³/mol. The average molecular weight is 398 g/mol. The maximum atomic E-state index is 12.4. The Morgan fingerprint density at radius 2 is 1.93 bits per heavy atom. The molecule has 1 aromatic rings. The Morgan fingerprint density at radius 1 is 1.28 bits per heavy atom. The summed E-state index contributed by atoms with van der Waals surface area (Å²) in [7, 11) is 0. The van der Waals surface area contributed by atoms with Gasteiger partial charge in [0, 0.05) is 42.2 Å². The molecule has 154 valence electrons. The van der Waals surface area contributed by atoms with Crippen molar-refractivity contribution >= 4 is 11.8 Å². The lowest BCUT2D eigenvalue weighted by atomic mass is 9.95. The fourth-order valence-corrected chi connectivity index (χ4v) is 2.80. The number of aliphatic hydroxyl groups is 1. The van der Waals surface area contributed by atoms with E-state index in [1.165, 1.54) is 5.48 Å². The van der Waals surface area contributed by atoms with Gasteiger partial charge in [0.1, 0.15) is 6.04 Å². The van der Waals surface area contributed by atoms with Crippen molar-refractivity contribution in [2.24, 2.45) is 11.7 Å². The molecule has 8 heteroatoms. The van der Waals surface area contributed by atoms with Gasteiger partial charge in [0.05, 0.1) is 6.61 Å². The van der Waals surface area contributed by atoms with E-state index in [0.717, 1.165) is 13.1 Å². The number of hydrogen-bond acceptors (Lipinski definition) is 6. The fourth-order valence-electron chi connectivity index (χ4n) is 2.80. The van der Waals surface area contributed by atoms with E-state index in [4.69, 9.17) is 16.0 Å². The van der Waals surface area contributed by atoms with Crippen molar-refractivity contribution in [2.45, 2.75) is 25.4 Å². The van der Waals surface area contributed by atoms with Gasteiger partial charge >= 0.3 is 0 Å². The van der Waals surface area contributed by atoms with Gasteiger partial charge in [-0.25, -0.2) is 5.48 Å². The van der Waals surface area contributed by atoms with Crippen molar-refractivity contribution in [1.82, 2.24) is 15.7 Å². The number of likely N-dealkylation sites (tertiary alicyclic amines) is 1. The van der Waals surface area contributed by atoms with Crippen molar-refractivity contribution in [3.05, 3.63) is 35.4 Å². The normalized spacial score (nSPS) is 15.1. The summed E-state index contributed by atoms with van der Waals surface area (Å²) in [5.41, 5.74) is 7.38. The predicted octanol–water partition coefficient (Wildman–Crippen LogP) is -0.693. The molecule has 1 fully saturated rings. The number of amides is 2. The maximum Gasteiger partial charge on any atom is 0.267 e. The summed E-state index contributed by atoms with van der Waals surface area (Å²) in [5, 5.41) is 20.2. The first-order valence-electron chi connectivity index (χ1n) is 9.23.